The Labute approximate surface area is 78.1 Å². The quantitative estimate of drug-likeness (QED) is 0.296. The first-order chi connectivity index (χ1) is 6.20. The van der Waals surface area contributed by atoms with Gasteiger partial charge in [-0.05, 0) is 6.92 Å². The Bertz CT molecular complexity index is 180. The Morgan fingerprint density at radius 2 is 2.23 bits per heavy atom. The number of hydrogen-bond donors (Lipinski definition) is 1. The molecular formula is C8H16N2O3. The van der Waals surface area contributed by atoms with Crippen LogP contribution in [0.1, 0.15) is 20.3 Å². The molecule has 1 N–H and O–H groups in total. The molecule has 0 aromatic rings. The fourth-order valence-electron chi connectivity index (χ4n) is 0.635. The number of carbonyl (C=O) groups is 1. The zero-order valence-electron chi connectivity index (χ0n) is 8.29. The highest BCUT2D eigenvalue weighted by Gasteiger charge is 1.96. The predicted octanol–water partition coefficient (Wildman–Crippen LogP) is 0.509. The van der Waals surface area contributed by atoms with Crippen LogP contribution in [0.2, 0.25) is 0 Å². The lowest BCUT2D eigenvalue weighted by atomic mass is 10.4. The van der Waals surface area contributed by atoms with Crippen molar-refractivity contribution in [3.05, 3.63) is 0 Å². The van der Waals surface area contributed by atoms with Crippen molar-refractivity contribution in [3.63, 3.8) is 0 Å². The number of hydrogen-bond acceptors (Lipinski definition) is 4. The van der Waals surface area contributed by atoms with Gasteiger partial charge in [-0.3, -0.25) is 4.79 Å². The Kier molecular flexibility index (Phi) is 6.68. The maximum Gasteiger partial charge on any atom is 0.223 e. The van der Waals surface area contributed by atoms with Gasteiger partial charge < -0.3 is 14.9 Å². The molecule has 0 saturated carbocycles. The maximum atomic E-state index is 10.7. The molecule has 0 aliphatic carbocycles. The minimum atomic E-state index is -0.0655. The predicted molar refractivity (Wildman–Crippen MR) is 49.4 cm³/mol. The molecule has 5 heteroatoms. The highest BCUT2D eigenvalue weighted by atomic mass is 16.6. The average molecular weight is 188 g/mol. The number of ether oxygens (including phenoxy) is 1. The molecule has 0 fully saturated rings. The van der Waals surface area contributed by atoms with Crippen LogP contribution in [0, 0.1) is 0 Å². The lowest BCUT2D eigenvalue weighted by Gasteiger charge is -2.01. The molecule has 0 radical (unpaired) electrons. The largest absolute Gasteiger partial charge is 0.479 e. The second-order valence-electron chi connectivity index (χ2n) is 2.30. The number of oxime groups is 1. The van der Waals surface area contributed by atoms with E-state index in [1.165, 1.54) is 0 Å². The van der Waals surface area contributed by atoms with E-state index in [1.807, 2.05) is 6.92 Å². The second kappa shape index (κ2) is 7.39. The topological polar surface area (TPSA) is 59.9 Å². The third kappa shape index (κ3) is 7.11. The van der Waals surface area contributed by atoms with Crippen molar-refractivity contribution in [3.8, 4) is 0 Å². The Morgan fingerprint density at radius 3 is 2.77 bits per heavy atom. The van der Waals surface area contributed by atoms with Crippen LogP contribution in [0.5, 0.6) is 0 Å². The van der Waals surface area contributed by atoms with E-state index in [2.05, 4.69) is 10.5 Å². The van der Waals surface area contributed by atoms with E-state index in [1.54, 1.807) is 14.0 Å². The second-order valence-corrected chi connectivity index (χ2v) is 2.30. The van der Waals surface area contributed by atoms with Gasteiger partial charge in [0.05, 0.1) is 13.0 Å². The molecule has 0 aromatic heterocycles. The zero-order chi connectivity index (χ0) is 10.1. The number of nitrogens with zero attached hydrogens (tertiary/aromatic N) is 1. The molecule has 0 unspecified atom stereocenters. The smallest absolute Gasteiger partial charge is 0.223 e. The molecule has 0 atom stereocenters. The Hall–Kier alpha value is -1.26. The maximum absolute atomic E-state index is 10.7. The first-order valence-electron chi connectivity index (χ1n) is 4.20. The van der Waals surface area contributed by atoms with Gasteiger partial charge in [-0.2, -0.15) is 0 Å². The molecule has 0 aliphatic heterocycles. The highest BCUT2D eigenvalue weighted by molar-refractivity contribution is 5.75. The first kappa shape index (κ1) is 11.7. The van der Waals surface area contributed by atoms with Gasteiger partial charge in [0.2, 0.25) is 11.8 Å². The van der Waals surface area contributed by atoms with Crippen LogP contribution in [0.4, 0.5) is 0 Å². The van der Waals surface area contributed by atoms with Gasteiger partial charge in [0.15, 0.2) is 0 Å². The molecule has 0 aromatic carbocycles. The molecule has 76 valence electrons. The van der Waals surface area contributed by atoms with Crippen LogP contribution in [-0.4, -0.2) is 32.1 Å². The van der Waals surface area contributed by atoms with Crippen LogP contribution in [0.25, 0.3) is 0 Å². The molecule has 0 aliphatic rings. The van der Waals surface area contributed by atoms with Gasteiger partial charge in [-0.25, -0.2) is 0 Å². The lowest BCUT2D eigenvalue weighted by molar-refractivity contribution is -0.121. The molecule has 0 spiro atoms. The molecule has 5 nitrogen and oxygen atoms in total. The minimum Gasteiger partial charge on any atom is -0.479 e. The fraction of sp³-hybridized carbons (Fsp3) is 0.750. The molecule has 0 rings (SSSR count). The minimum absolute atomic E-state index is 0.0655. The van der Waals surface area contributed by atoms with E-state index in [4.69, 9.17) is 9.57 Å². The summed E-state index contributed by atoms with van der Waals surface area (Å²) in [5.41, 5.74) is 0. The third-order valence-electron chi connectivity index (χ3n) is 1.25. The summed E-state index contributed by atoms with van der Waals surface area (Å²) in [7, 11) is 1.58. The summed E-state index contributed by atoms with van der Waals surface area (Å²) < 4.78 is 5.00. The van der Waals surface area contributed by atoms with Gasteiger partial charge >= 0.3 is 0 Å². The molecular weight excluding hydrogens is 172 g/mol. The number of rotatable bonds is 5. The number of carbonyl (C=O) groups excluding carboxylic acids is 1. The summed E-state index contributed by atoms with van der Waals surface area (Å²) in [6, 6.07) is 0. The summed E-state index contributed by atoms with van der Waals surface area (Å²) in [6.45, 7) is 4.39. The van der Waals surface area contributed by atoms with Gasteiger partial charge in [0.25, 0.3) is 0 Å². The lowest BCUT2D eigenvalue weighted by Crippen LogP contribution is -2.18. The SMILES string of the molecule is CCO/C(C)=N\OCCC(=O)NC. The van der Waals surface area contributed by atoms with Crippen molar-refractivity contribution >= 4 is 11.8 Å². The van der Waals surface area contributed by atoms with Crippen molar-refractivity contribution in [1.29, 1.82) is 0 Å². The third-order valence-corrected chi connectivity index (χ3v) is 1.25. The van der Waals surface area contributed by atoms with Crippen LogP contribution >= 0.6 is 0 Å². The molecule has 0 saturated heterocycles. The summed E-state index contributed by atoms with van der Waals surface area (Å²) >= 11 is 0. The summed E-state index contributed by atoms with van der Waals surface area (Å²) in [6.07, 6.45) is 0.305. The van der Waals surface area contributed by atoms with Crippen LogP contribution in [0.15, 0.2) is 5.16 Å². The van der Waals surface area contributed by atoms with E-state index in [0.717, 1.165) is 0 Å². The highest BCUT2D eigenvalue weighted by Crippen LogP contribution is 1.87. The summed E-state index contributed by atoms with van der Waals surface area (Å²) in [5.74, 6) is 0.406. The van der Waals surface area contributed by atoms with E-state index in [9.17, 15) is 4.79 Å². The first-order valence-corrected chi connectivity index (χ1v) is 4.20. The van der Waals surface area contributed by atoms with E-state index >= 15 is 0 Å². The van der Waals surface area contributed by atoms with Crippen LogP contribution < -0.4 is 5.32 Å². The van der Waals surface area contributed by atoms with Crippen molar-refractivity contribution in [2.75, 3.05) is 20.3 Å². The van der Waals surface area contributed by atoms with Gasteiger partial charge in [-0.15, -0.1) is 0 Å². The molecule has 0 bridgehead atoms. The van der Waals surface area contributed by atoms with Gasteiger partial charge in [0.1, 0.15) is 6.61 Å². The van der Waals surface area contributed by atoms with Crippen LogP contribution in [-0.2, 0) is 14.4 Å². The number of nitrogens with one attached hydrogen (secondary N) is 1. The number of amides is 1. The summed E-state index contributed by atoms with van der Waals surface area (Å²) in [5, 5.41) is 6.11. The monoisotopic (exact) mass is 188 g/mol. The van der Waals surface area contributed by atoms with Crippen molar-refractivity contribution in [2.24, 2.45) is 5.16 Å². The van der Waals surface area contributed by atoms with Gasteiger partial charge in [-0.1, -0.05) is 5.16 Å². The fourth-order valence-corrected chi connectivity index (χ4v) is 0.635. The summed E-state index contributed by atoms with van der Waals surface area (Å²) in [4.78, 5) is 15.5. The van der Waals surface area contributed by atoms with Crippen molar-refractivity contribution in [1.82, 2.24) is 5.32 Å². The van der Waals surface area contributed by atoms with Crippen molar-refractivity contribution < 1.29 is 14.4 Å². The van der Waals surface area contributed by atoms with Crippen molar-refractivity contribution in [2.45, 2.75) is 20.3 Å². The van der Waals surface area contributed by atoms with E-state index in [-0.39, 0.29) is 12.5 Å². The Balaban J connectivity index is 3.43. The normalized spacial score (nSPS) is 10.8. The average Bonchev–Trinajstić information content (AvgIpc) is 2.12. The molecule has 1 amide bonds. The van der Waals surface area contributed by atoms with Gasteiger partial charge in [0, 0.05) is 14.0 Å². The molecule has 0 heterocycles. The Morgan fingerprint density at radius 1 is 1.54 bits per heavy atom. The van der Waals surface area contributed by atoms with E-state index < -0.39 is 0 Å². The van der Waals surface area contributed by atoms with E-state index in [0.29, 0.717) is 18.9 Å². The molecule has 13 heavy (non-hydrogen) atoms. The van der Waals surface area contributed by atoms with Crippen LogP contribution in [0.3, 0.4) is 0 Å². The standard InChI is InChI=1S/C8H16N2O3/c1-4-12-7(2)10-13-6-5-8(11)9-3/h4-6H2,1-3H3,(H,9,11)/b10-7-. The zero-order valence-corrected chi connectivity index (χ0v) is 8.29.